The smallest absolute Gasteiger partial charge is 0.267 e. The van der Waals surface area contributed by atoms with Gasteiger partial charge in [-0.1, -0.05) is 24.1 Å². The van der Waals surface area contributed by atoms with Crippen LogP contribution in [0.5, 0.6) is 0 Å². The fraction of sp³-hybridized carbons (Fsp3) is 0.174. The first-order valence-corrected chi connectivity index (χ1v) is 9.91. The zero-order valence-corrected chi connectivity index (χ0v) is 17.8. The normalized spacial score (nSPS) is 12.0. The van der Waals surface area contributed by atoms with E-state index in [-0.39, 0.29) is 33.8 Å². The second kappa shape index (κ2) is 10.3. The van der Waals surface area contributed by atoms with Crippen molar-refractivity contribution in [2.75, 3.05) is 6.54 Å². The monoisotopic (exact) mass is 458 g/mol. The number of fused-ring (bicyclic) bond motifs is 1. The summed E-state index contributed by atoms with van der Waals surface area (Å²) in [6.45, 7) is 5.81. The molecule has 0 fully saturated rings. The molecule has 5 nitrogen and oxygen atoms in total. The van der Waals surface area contributed by atoms with E-state index in [4.69, 9.17) is 11.6 Å². The molecule has 32 heavy (non-hydrogen) atoms. The van der Waals surface area contributed by atoms with Crippen LogP contribution in [0.2, 0.25) is 5.02 Å². The van der Waals surface area contributed by atoms with E-state index in [0.29, 0.717) is 18.7 Å². The van der Waals surface area contributed by atoms with Gasteiger partial charge >= 0.3 is 0 Å². The van der Waals surface area contributed by atoms with Gasteiger partial charge in [0.15, 0.2) is 0 Å². The van der Waals surface area contributed by atoms with E-state index in [1.165, 1.54) is 18.2 Å². The Labute approximate surface area is 187 Å². The maximum Gasteiger partial charge on any atom is 0.267 e. The van der Waals surface area contributed by atoms with Gasteiger partial charge in [0.2, 0.25) is 0 Å². The zero-order valence-electron chi connectivity index (χ0n) is 17.0. The first-order valence-electron chi connectivity index (χ1n) is 9.54. The molecule has 0 saturated carbocycles. The van der Waals surface area contributed by atoms with Crippen LogP contribution < -0.4 is 10.9 Å². The SMILES string of the molecule is C=C(C=CF)n1c(C(C)NCCC#Cc2ccc(F)cn2)nc2c(F)ccc(Cl)c2c1=O. The second-order valence-electron chi connectivity index (χ2n) is 6.74. The number of benzene rings is 1. The van der Waals surface area contributed by atoms with E-state index in [1.807, 2.05) is 0 Å². The van der Waals surface area contributed by atoms with Gasteiger partial charge in [-0.2, -0.15) is 0 Å². The van der Waals surface area contributed by atoms with Gasteiger partial charge in [0.25, 0.3) is 5.56 Å². The topological polar surface area (TPSA) is 59.8 Å². The molecule has 1 N–H and O–H groups in total. The lowest BCUT2D eigenvalue weighted by molar-refractivity contribution is 0.541. The number of pyridine rings is 1. The summed E-state index contributed by atoms with van der Waals surface area (Å²) in [6, 6.07) is 4.59. The second-order valence-corrected chi connectivity index (χ2v) is 7.14. The van der Waals surface area contributed by atoms with Gasteiger partial charge < -0.3 is 5.32 Å². The molecule has 3 aromatic rings. The zero-order chi connectivity index (χ0) is 23.3. The first-order chi connectivity index (χ1) is 15.3. The van der Waals surface area contributed by atoms with E-state index in [9.17, 15) is 18.0 Å². The maximum absolute atomic E-state index is 14.4. The standard InChI is InChI=1S/C23H18ClF3N4O/c1-14(10-11-25)31-22(30-21-19(27)9-8-18(24)20(21)23(31)32)15(2)28-12-4-3-5-17-7-6-16(26)13-29-17/h6-11,13,15,28H,1,4,12H2,2H3. The van der Waals surface area contributed by atoms with Crippen LogP contribution in [0, 0.1) is 23.5 Å². The lowest BCUT2D eigenvalue weighted by Gasteiger charge is -2.19. The highest BCUT2D eigenvalue weighted by molar-refractivity contribution is 6.35. The van der Waals surface area contributed by atoms with Crippen molar-refractivity contribution in [3.05, 3.63) is 88.0 Å². The molecule has 0 aliphatic rings. The molecule has 0 spiro atoms. The van der Waals surface area contributed by atoms with Crippen molar-refractivity contribution in [3.63, 3.8) is 0 Å². The van der Waals surface area contributed by atoms with E-state index < -0.39 is 23.2 Å². The summed E-state index contributed by atoms with van der Waals surface area (Å²) in [6.07, 6.45) is 2.73. The predicted molar refractivity (Wildman–Crippen MR) is 119 cm³/mol. The number of rotatable bonds is 6. The van der Waals surface area contributed by atoms with Crippen LogP contribution in [0.15, 0.2) is 54.2 Å². The molecule has 2 aromatic heterocycles. The van der Waals surface area contributed by atoms with E-state index >= 15 is 0 Å². The molecular formula is C23H18ClF3N4O. The largest absolute Gasteiger partial charge is 0.307 e. The summed E-state index contributed by atoms with van der Waals surface area (Å²) in [5.41, 5.74) is -0.390. The minimum Gasteiger partial charge on any atom is -0.307 e. The van der Waals surface area contributed by atoms with Crippen molar-refractivity contribution >= 4 is 28.2 Å². The van der Waals surface area contributed by atoms with Crippen LogP contribution in [0.1, 0.15) is 30.9 Å². The first kappa shape index (κ1) is 23.3. The van der Waals surface area contributed by atoms with Crippen LogP contribution in [0.25, 0.3) is 16.6 Å². The van der Waals surface area contributed by atoms with Crippen molar-refractivity contribution in [2.45, 2.75) is 19.4 Å². The maximum atomic E-state index is 14.4. The number of aromatic nitrogens is 3. The van der Waals surface area contributed by atoms with Crippen LogP contribution in [-0.4, -0.2) is 21.1 Å². The van der Waals surface area contributed by atoms with Gasteiger partial charge in [-0.15, -0.1) is 0 Å². The molecule has 0 radical (unpaired) electrons. The van der Waals surface area contributed by atoms with Crippen molar-refractivity contribution < 1.29 is 13.2 Å². The molecule has 0 aliphatic carbocycles. The van der Waals surface area contributed by atoms with Gasteiger partial charge in [0, 0.05) is 18.7 Å². The molecule has 1 aromatic carbocycles. The van der Waals surface area contributed by atoms with Crippen molar-refractivity contribution in [1.29, 1.82) is 0 Å². The van der Waals surface area contributed by atoms with Gasteiger partial charge in [0.05, 0.1) is 29.0 Å². The highest BCUT2D eigenvalue weighted by atomic mass is 35.5. The van der Waals surface area contributed by atoms with Crippen molar-refractivity contribution in [3.8, 4) is 11.8 Å². The fourth-order valence-corrected chi connectivity index (χ4v) is 3.23. The van der Waals surface area contributed by atoms with Gasteiger partial charge in [-0.05, 0) is 43.2 Å². The van der Waals surface area contributed by atoms with Crippen LogP contribution >= 0.6 is 11.6 Å². The third-order valence-electron chi connectivity index (χ3n) is 4.52. The number of halogens is 4. The highest BCUT2D eigenvalue weighted by Crippen LogP contribution is 2.24. The summed E-state index contributed by atoms with van der Waals surface area (Å²) in [7, 11) is 0. The molecule has 0 aliphatic heterocycles. The van der Waals surface area contributed by atoms with Crippen LogP contribution in [-0.2, 0) is 0 Å². The Morgan fingerprint density at radius 1 is 1.34 bits per heavy atom. The Bertz CT molecular complexity index is 1310. The van der Waals surface area contributed by atoms with E-state index in [1.54, 1.807) is 6.92 Å². The van der Waals surface area contributed by atoms with Gasteiger partial charge in [-0.3, -0.25) is 9.36 Å². The molecule has 0 bridgehead atoms. The number of hydrogen-bond acceptors (Lipinski definition) is 4. The molecule has 164 valence electrons. The quantitative estimate of drug-likeness (QED) is 0.328. The van der Waals surface area contributed by atoms with Crippen LogP contribution in [0.3, 0.4) is 0 Å². The fourth-order valence-electron chi connectivity index (χ4n) is 2.99. The third-order valence-corrected chi connectivity index (χ3v) is 4.84. The minimum absolute atomic E-state index is 0.0121. The molecule has 0 amide bonds. The minimum atomic E-state index is -0.702. The lowest BCUT2D eigenvalue weighted by atomic mass is 10.2. The molecule has 3 rings (SSSR count). The van der Waals surface area contributed by atoms with E-state index in [0.717, 1.165) is 22.9 Å². The number of hydrogen-bond donors (Lipinski definition) is 1. The third kappa shape index (κ3) is 5.07. The Kier molecular flexibility index (Phi) is 7.46. The molecule has 9 heteroatoms. The molecule has 1 atom stereocenters. The van der Waals surface area contributed by atoms with Crippen LogP contribution in [0.4, 0.5) is 13.2 Å². The summed E-state index contributed by atoms with van der Waals surface area (Å²) >= 11 is 6.10. The van der Waals surface area contributed by atoms with Gasteiger partial charge in [0.1, 0.15) is 28.7 Å². The molecular weight excluding hydrogens is 441 g/mol. The van der Waals surface area contributed by atoms with Crippen molar-refractivity contribution in [2.24, 2.45) is 0 Å². The summed E-state index contributed by atoms with van der Waals surface area (Å²) in [4.78, 5) is 21.2. The summed E-state index contributed by atoms with van der Waals surface area (Å²) in [5.74, 6) is 4.71. The number of allylic oxidation sites excluding steroid dienone is 2. The Morgan fingerprint density at radius 3 is 2.81 bits per heavy atom. The average molecular weight is 459 g/mol. The number of nitrogens with zero attached hydrogens (tertiary/aromatic N) is 3. The molecule has 0 saturated heterocycles. The predicted octanol–water partition coefficient (Wildman–Crippen LogP) is 4.77. The lowest BCUT2D eigenvalue weighted by Crippen LogP contribution is -2.31. The van der Waals surface area contributed by atoms with Crippen molar-refractivity contribution in [1.82, 2.24) is 19.9 Å². The number of nitrogens with one attached hydrogen (secondary N) is 1. The van der Waals surface area contributed by atoms with Gasteiger partial charge in [-0.25, -0.2) is 23.1 Å². The summed E-state index contributed by atoms with van der Waals surface area (Å²) in [5, 5.41) is 3.05. The molecule has 1 unspecified atom stereocenters. The Hall–Kier alpha value is -3.41. The molecule has 2 heterocycles. The average Bonchev–Trinajstić information content (AvgIpc) is 2.76. The summed E-state index contributed by atoms with van der Waals surface area (Å²) < 4.78 is 41.1. The van der Waals surface area contributed by atoms with E-state index in [2.05, 4.69) is 33.7 Å². The highest BCUT2D eigenvalue weighted by Gasteiger charge is 2.20. The Morgan fingerprint density at radius 2 is 2.12 bits per heavy atom. The Balaban J connectivity index is 1.88.